The zero-order chi connectivity index (χ0) is 18.2. The van der Waals surface area contributed by atoms with Gasteiger partial charge in [-0.1, -0.05) is 12.1 Å². The number of thiophene rings is 1. The van der Waals surface area contributed by atoms with Crippen molar-refractivity contribution >= 4 is 21.2 Å². The van der Waals surface area contributed by atoms with Crippen LogP contribution in [0.4, 0.5) is 0 Å². The van der Waals surface area contributed by atoms with Crippen LogP contribution in [0.5, 0.6) is 0 Å². The molecular weight excluding hydrogens is 356 g/mol. The van der Waals surface area contributed by atoms with Crippen LogP contribution in [0.25, 0.3) is 21.0 Å². The molecule has 0 amide bonds. The number of methoxy groups -OCH3 is 1. The molecule has 132 valence electrons. The molecule has 2 heterocycles. The third kappa shape index (κ3) is 3.53. The third-order valence-electron chi connectivity index (χ3n) is 4.06. The Kier molecular flexibility index (Phi) is 4.57. The van der Waals surface area contributed by atoms with Crippen molar-refractivity contribution < 1.29 is 13.2 Å². The zero-order valence-corrected chi connectivity index (χ0v) is 16.2. The molecule has 0 saturated carbocycles. The van der Waals surface area contributed by atoms with E-state index >= 15 is 0 Å². The van der Waals surface area contributed by atoms with Crippen LogP contribution in [0, 0.1) is 0 Å². The molecule has 1 aromatic carbocycles. The van der Waals surface area contributed by atoms with E-state index in [0.717, 1.165) is 21.0 Å². The van der Waals surface area contributed by atoms with Crippen molar-refractivity contribution in [3.05, 3.63) is 48.7 Å². The Morgan fingerprint density at radius 3 is 2.52 bits per heavy atom. The number of sulfone groups is 1. The maximum atomic E-state index is 11.8. The van der Waals surface area contributed by atoms with Crippen molar-refractivity contribution in [3.8, 4) is 21.0 Å². The highest BCUT2D eigenvalue weighted by Gasteiger charge is 2.24. The summed E-state index contributed by atoms with van der Waals surface area (Å²) in [6.07, 6.45) is 2.97. The molecule has 0 aliphatic heterocycles. The Balaban J connectivity index is 2.02. The van der Waals surface area contributed by atoms with Crippen LogP contribution in [0.15, 0.2) is 53.6 Å². The minimum atomic E-state index is -3.23. The topological polar surface area (TPSA) is 61.2 Å². The van der Waals surface area contributed by atoms with Crippen molar-refractivity contribution in [1.82, 2.24) is 9.78 Å². The second-order valence-corrected chi connectivity index (χ2v) is 9.34. The average Bonchev–Trinajstić information content (AvgIpc) is 3.23. The molecule has 0 radical (unpaired) electrons. The first kappa shape index (κ1) is 17.8. The van der Waals surface area contributed by atoms with Gasteiger partial charge in [0.2, 0.25) is 0 Å². The van der Waals surface area contributed by atoms with Gasteiger partial charge in [0, 0.05) is 24.4 Å². The summed E-state index contributed by atoms with van der Waals surface area (Å²) in [6.45, 7) is 3.90. The van der Waals surface area contributed by atoms with Crippen LogP contribution in [-0.4, -0.2) is 31.6 Å². The summed E-state index contributed by atoms with van der Waals surface area (Å²) >= 11 is 1.59. The molecule has 0 N–H and O–H groups in total. The highest BCUT2D eigenvalue weighted by atomic mass is 32.2. The molecule has 0 saturated heterocycles. The van der Waals surface area contributed by atoms with Crippen LogP contribution in [0.3, 0.4) is 0 Å². The molecular formula is C18H20N2O3S2. The molecule has 2 aromatic heterocycles. The SMILES string of the molecule is COC(C)(C)n1nccc1-c1ccc(-c2cccc(S(C)(=O)=O)c2)s1. The van der Waals surface area contributed by atoms with Gasteiger partial charge in [-0.15, -0.1) is 11.3 Å². The van der Waals surface area contributed by atoms with Gasteiger partial charge in [0.15, 0.2) is 15.6 Å². The van der Waals surface area contributed by atoms with Crippen LogP contribution >= 0.6 is 11.3 Å². The number of hydrogen-bond acceptors (Lipinski definition) is 5. The predicted molar refractivity (Wildman–Crippen MR) is 100 cm³/mol. The molecule has 0 aliphatic rings. The van der Waals surface area contributed by atoms with Gasteiger partial charge in [-0.05, 0) is 49.7 Å². The van der Waals surface area contributed by atoms with E-state index in [2.05, 4.69) is 5.10 Å². The normalized spacial score (nSPS) is 12.5. The maximum absolute atomic E-state index is 11.8. The van der Waals surface area contributed by atoms with E-state index in [1.54, 1.807) is 42.8 Å². The van der Waals surface area contributed by atoms with Gasteiger partial charge in [-0.2, -0.15) is 5.10 Å². The molecule has 0 bridgehead atoms. The van der Waals surface area contributed by atoms with E-state index in [0.29, 0.717) is 4.90 Å². The molecule has 3 aromatic rings. The van der Waals surface area contributed by atoms with Gasteiger partial charge in [0.1, 0.15) is 0 Å². The van der Waals surface area contributed by atoms with E-state index in [1.807, 2.05) is 42.8 Å². The summed E-state index contributed by atoms with van der Waals surface area (Å²) in [6, 6.07) is 13.0. The molecule has 0 aliphatic carbocycles. The molecule has 0 atom stereocenters. The van der Waals surface area contributed by atoms with Gasteiger partial charge < -0.3 is 4.74 Å². The van der Waals surface area contributed by atoms with Crippen LogP contribution in [-0.2, 0) is 20.3 Å². The van der Waals surface area contributed by atoms with Crippen molar-refractivity contribution in [2.45, 2.75) is 24.5 Å². The number of hydrogen-bond donors (Lipinski definition) is 0. The fourth-order valence-corrected chi connectivity index (χ4v) is 4.20. The lowest BCUT2D eigenvalue weighted by Crippen LogP contribution is -2.29. The molecule has 3 rings (SSSR count). The standard InChI is InChI=1S/C18H20N2O3S2/c1-18(2,23-3)20-15(10-11-19-20)17-9-8-16(24-17)13-6-5-7-14(12-13)25(4,21)22/h5-12H,1-4H3. The second kappa shape index (κ2) is 6.40. The summed E-state index contributed by atoms with van der Waals surface area (Å²) in [5, 5.41) is 4.38. The third-order valence-corrected chi connectivity index (χ3v) is 6.32. The molecule has 0 fully saturated rings. The fraction of sp³-hybridized carbons (Fsp3) is 0.278. The maximum Gasteiger partial charge on any atom is 0.175 e. The molecule has 0 unspecified atom stereocenters. The summed E-state index contributed by atoms with van der Waals surface area (Å²) in [5.74, 6) is 0. The largest absolute Gasteiger partial charge is 0.358 e. The number of aromatic nitrogens is 2. The molecule has 7 heteroatoms. The minimum Gasteiger partial charge on any atom is -0.358 e. The Hall–Kier alpha value is -1.96. The average molecular weight is 377 g/mol. The summed E-state index contributed by atoms with van der Waals surface area (Å²) < 4.78 is 30.9. The fourth-order valence-electron chi connectivity index (χ4n) is 2.52. The highest BCUT2D eigenvalue weighted by molar-refractivity contribution is 7.90. The molecule has 25 heavy (non-hydrogen) atoms. The monoisotopic (exact) mass is 376 g/mol. The van der Waals surface area contributed by atoms with E-state index in [-0.39, 0.29) is 0 Å². The predicted octanol–water partition coefficient (Wildman–Crippen LogP) is 4.02. The van der Waals surface area contributed by atoms with Crippen molar-refractivity contribution in [1.29, 1.82) is 0 Å². The Morgan fingerprint density at radius 1 is 1.12 bits per heavy atom. The summed E-state index contributed by atoms with van der Waals surface area (Å²) in [7, 11) is -1.57. The van der Waals surface area contributed by atoms with E-state index in [9.17, 15) is 8.42 Å². The lowest BCUT2D eigenvalue weighted by atomic mass is 10.2. The van der Waals surface area contributed by atoms with Crippen LogP contribution < -0.4 is 0 Å². The lowest BCUT2D eigenvalue weighted by molar-refractivity contribution is -0.0533. The van der Waals surface area contributed by atoms with Crippen molar-refractivity contribution in [3.63, 3.8) is 0 Å². The van der Waals surface area contributed by atoms with Crippen LogP contribution in [0.1, 0.15) is 13.8 Å². The van der Waals surface area contributed by atoms with Gasteiger partial charge in [0.25, 0.3) is 0 Å². The van der Waals surface area contributed by atoms with E-state index in [1.165, 1.54) is 6.26 Å². The first-order valence-electron chi connectivity index (χ1n) is 7.73. The van der Waals surface area contributed by atoms with E-state index < -0.39 is 15.6 Å². The van der Waals surface area contributed by atoms with Crippen LogP contribution in [0.2, 0.25) is 0 Å². The number of ether oxygens (including phenoxy) is 1. The Labute approximate surface area is 151 Å². The Morgan fingerprint density at radius 2 is 1.84 bits per heavy atom. The molecule has 5 nitrogen and oxygen atoms in total. The smallest absolute Gasteiger partial charge is 0.175 e. The highest BCUT2D eigenvalue weighted by Crippen LogP contribution is 2.36. The number of benzene rings is 1. The van der Waals surface area contributed by atoms with Gasteiger partial charge in [-0.25, -0.2) is 13.1 Å². The van der Waals surface area contributed by atoms with Gasteiger partial charge in [0.05, 0.1) is 15.5 Å². The summed E-state index contributed by atoms with van der Waals surface area (Å²) in [5.41, 5.74) is 1.29. The molecule has 0 spiro atoms. The van der Waals surface area contributed by atoms with Crippen molar-refractivity contribution in [2.75, 3.05) is 13.4 Å². The first-order chi connectivity index (χ1) is 11.7. The number of rotatable bonds is 5. The summed E-state index contributed by atoms with van der Waals surface area (Å²) in [4.78, 5) is 2.37. The van der Waals surface area contributed by atoms with Crippen molar-refractivity contribution in [2.24, 2.45) is 0 Å². The lowest BCUT2D eigenvalue weighted by Gasteiger charge is -2.25. The number of nitrogens with zero attached hydrogens (tertiary/aromatic N) is 2. The Bertz CT molecular complexity index is 1000. The van der Waals surface area contributed by atoms with Gasteiger partial charge in [-0.3, -0.25) is 0 Å². The first-order valence-corrected chi connectivity index (χ1v) is 10.4. The second-order valence-electron chi connectivity index (χ2n) is 6.24. The quantitative estimate of drug-likeness (QED) is 0.675. The van der Waals surface area contributed by atoms with Gasteiger partial charge >= 0.3 is 0 Å². The minimum absolute atomic E-state index is 0.325. The van der Waals surface area contributed by atoms with E-state index in [4.69, 9.17) is 4.74 Å². The zero-order valence-electron chi connectivity index (χ0n) is 14.6.